The molecule has 0 radical (unpaired) electrons. The molecule has 1 aliphatic rings. The third-order valence-corrected chi connectivity index (χ3v) is 4.78. The van der Waals surface area contributed by atoms with E-state index in [1.807, 2.05) is 0 Å². The first-order chi connectivity index (χ1) is 9.85. The first kappa shape index (κ1) is 16.5. The summed E-state index contributed by atoms with van der Waals surface area (Å²) in [5.41, 5.74) is 4.03. The van der Waals surface area contributed by atoms with E-state index in [-0.39, 0.29) is 6.10 Å². The molecule has 1 aliphatic heterocycles. The van der Waals surface area contributed by atoms with Crippen LogP contribution in [0.2, 0.25) is 0 Å². The maximum atomic E-state index is 10.4. The van der Waals surface area contributed by atoms with E-state index in [2.05, 4.69) is 50.8 Å². The molecule has 1 N–H and O–H groups in total. The molecule has 1 heterocycles. The first-order valence-electron chi connectivity index (χ1n) is 8.34. The fraction of sp³-hybridized carbons (Fsp3) is 0.684. The van der Waals surface area contributed by atoms with Crippen LogP contribution in [0.3, 0.4) is 0 Å². The summed E-state index contributed by atoms with van der Waals surface area (Å²) < 4.78 is 0. The molecule has 1 atom stereocenters. The van der Waals surface area contributed by atoms with Crippen LogP contribution in [0.1, 0.15) is 62.3 Å². The maximum Gasteiger partial charge on any atom is 0.0802 e. The van der Waals surface area contributed by atoms with E-state index in [1.165, 1.54) is 43.5 Å². The number of hydrogen-bond acceptors (Lipinski definition) is 2. The molecule has 1 unspecified atom stereocenters. The Bertz CT molecular complexity index is 446. The monoisotopic (exact) mass is 289 g/mol. The Balaban J connectivity index is 1.87. The van der Waals surface area contributed by atoms with Gasteiger partial charge in [0.1, 0.15) is 0 Å². The highest BCUT2D eigenvalue weighted by Crippen LogP contribution is 2.30. The van der Waals surface area contributed by atoms with Crippen LogP contribution in [0, 0.1) is 19.3 Å². The van der Waals surface area contributed by atoms with Crippen molar-refractivity contribution >= 4 is 0 Å². The van der Waals surface area contributed by atoms with E-state index in [9.17, 15) is 5.11 Å². The average Bonchev–Trinajstić information content (AvgIpc) is 2.56. The number of aliphatic hydroxyl groups is 1. The molecule has 1 saturated heterocycles. The van der Waals surface area contributed by atoms with E-state index in [4.69, 9.17) is 0 Å². The first-order valence-corrected chi connectivity index (χ1v) is 8.34. The molecule has 21 heavy (non-hydrogen) atoms. The van der Waals surface area contributed by atoms with Gasteiger partial charge in [0.25, 0.3) is 0 Å². The Morgan fingerprint density at radius 2 is 1.76 bits per heavy atom. The molecule has 0 aromatic heterocycles. The number of benzene rings is 1. The van der Waals surface area contributed by atoms with Crippen molar-refractivity contribution in [1.29, 1.82) is 0 Å². The lowest BCUT2D eigenvalue weighted by molar-refractivity contribution is 0.141. The van der Waals surface area contributed by atoms with Crippen molar-refractivity contribution in [3.05, 3.63) is 34.9 Å². The summed E-state index contributed by atoms with van der Waals surface area (Å²) in [6.07, 6.45) is 4.38. The Morgan fingerprint density at radius 3 is 2.43 bits per heavy atom. The summed E-state index contributed by atoms with van der Waals surface area (Å²) in [5, 5.41) is 10.4. The molecule has 1 fully saturated rings. The van der Waals surface area contributed by atoms with Crippen molar-refractivity contribution < 1.29 is 5.11 Å². The summed E-state index contributed by atoms with van der Waals surface area (Å²) >= 11 is 0. The van der Waals surface area contributed by atoms with Crippen molar-refractivity contribution in [3.8, 4) is 0 Å². The molecule has 2 nitrogen and oxygen atoms in total. The highest BCUT2D eigenvalue weighted by Gasteiger charge is 2.23. The molecule has 0 bridgehead atoms. The summed E-state index contributed by atoms with van der Waals surface area (Å²) in [7, 11) is 0. The lowest BCUT2D eigenvalue weighted by atomic mass is 9.85. The molecule has 2 rings (SSSR count). The van der Waals surface area contributed by atoms with Gasteiger partial charge in [-0.2, -0.15) is 0 Å². The van der Waals surface area contributed by atoms with Crippen LogP contribution in [0.4, 0.5) is 0 Å². The topological polar surface area (TPSA) is 23.5 Å². The molecule has 0 spiro atoms. The number of rotatable bonds is 4. The SMILES string of the molecule is Cc1cc(C)cc(C(O)CCN2CCCC(C)(C)CC2)c1. The highest BCUT2D eigenvalue weighted by molar-refractivity contribution is 5.29. The van der Waals surface area contributed by atoms with Crippen molar-refractivity contribution in [2.75, 3.05) is 19.6 Å². The van der Waals surface area contributed by atoms with Crippen molar-refractivity contribution in [2.24, 2.45) is 5.41 Å². The molecule has 0 aliphatic carbocycles. The van der Waals surface area contributed by atoms with E-state index in [0.29, 0.717) is 5.41 Å². The van der Waals surface area contributed by atoms with Crippen molar-refractivity contribution in [2.45, 2.75) is 59.5 Å². The van der Waals surface area contributed by atoms with E-state index >= 15 is 0 Å². The van der Waals surface area contributed by atoms with Crippen LogP contribution >= 0.6 is 0 Å². The second-order valence-electron chi connectivity index (χ2n) is 7.58. The maximum absolute atomic E-state index is 10.4. The highest BCUT2D eigenvalue weighted by atomic mass is 16.3. The van der Waals surface area contributed by atoms with Gasteiger partial charge in [-0.3, -0.25) is 0 Å². The number of nitrogens with zero attached hydrogens (tertiary/aromatic N) is 1. The van der Waals surface area contributed by atoms with Crippen LogP contribution in [-0.4, -0.2) is 29.6 Å². The van der Waals surface area contributed by atoms with Crippen LogP contribution in [0.25, 0.3) is 0 Å². The zero-order valence-electron chi connectivity index (χ0n) is 14.2. The molecule has 0 saturated carbocycles. The molecular weight excluding hydrogens is 258 g/mol. The molecule has 118 valence electrons. The Kier molecular flexibility index (Phi) is 5.45. The van der Waals surface area contributed by atoms with Gasteiger partial charge in [-0.15, -0.1) is 0 Å². The fourth-order valence-corrected chi connectivity index (χ4v) is 3.38. The fourth-order valence-electron chi connectivity index (χ4n) is 3.38. The summed E-state index contributed by atoms with van der Waals surface area (Å²) in [6.45, 7) is 12.3. The van der Waals surface area contributed by atoms with E-state index < -0.39 is 0 Å². The van der Waals surface area contributed by atoms with Gasteiger partial charge in [-0.05, 0) is 63.6 Å². The van der Waals surface area contributed by atoms with Crippen LogP contribution < -0.4 is 0 Å². The Hall–Kier alpha value is -0.860. The minimum Gasteiger partial charge on any atom is -0.388 e. The van der Waals surface area contributed by atoms with Gasteiger partial charge < -0.3 is 10.0 Å². The van der Waals surface area contributed by atoms with E-state index in [0.717, 1.165) is 18.5 Å². The quantitative estimate of drug-likeness (QED) is 0.896. The third-order valence-electron chi connectivity index (χ3n) is 4.78. The van der Waals surface area contributed by atoms with Gasteiger partial charge in [-0.1, -0.05) is 43.2 Å². The van der Waals surface area contributed by atoms with Gasteiger partial charge in [0.2, 0.25) is 0 Å². The molecular formula is C19H31NO. The largest absolute Gasteiger partial charge is 0.388 e. The molecule has 1 aromatic rings. The average molecular weight is 289 g/mol. The minimum atomic E-state index is -0.333. The van der Waals surface area contributed by atoms with E-state index in [1.54, 1.807) is 0 Å². The van der Waals surface area contributed by atoms with Gasteiger partial charge in [0.15, 0.2) is 0 Å². The predicted octanol–water partition coefficient (Wildman–Crippen LogP) is 4.24. The Morgan fingerprint density at radius 1 is 1.10 bits per heavy atom. The third kappa shape index (κ3) is 5.12. The normalized spacial score (nSPS) is 21.0. The van der Waals surface area contributed by atoms with Gasteiger partial charge in [-0.25, -0.2) is 0 Å². The lowest BCUT2D eigenvalue weighted by Gasteiger charge is -2.24. The van der Waals surface area contributed by atoms with Gasteiger partial charge in [0.05, 0.1) is 6.10 Å². The van der Waals surface area contributed by atoms with Gasteiger partial charge in [0, 0.05) is 6.54 Å². The molecule has 2 heteroatoms. The second kappa shape index (κ2) is 6.93. The zero-order chi connectivity index (χ0) is 15.5. The van der Waals surface area contributed by atoms with Crippen molar-refractivity contribution in [3.63, 3.8) is 0 Å². The number of aryl methyl sites for hydroxylation is 2. The number of likely N-dealkylation sites (tertiary alicyclic amines) is 1. The molecule has 1 aromatic carbocycles. The lowest BCUT2D eigenvalue weighted by Crippen LogP contribution is -2.27. The van der Waals surface area contributed by atoms with Crippen LogP contribution in [0.5, 0.6) is 0 Å². The number of hydrogen-bond donors (Lipinski definition) is 1. The van der Waals surface area contributed by atoms with Gasteiger partial charge >= 0.3 is 0 Å². The summed E-state index contributed by atoms with van der Waals surface area (Å²) in [4.78, 5) is 2.53. The Labute approximate surface area is 130 Å². The predicted molar refractivity (Wildman–Crippen MR) is 89.6 cm³/mol. The smallest absolute Gasteiger partial charge is 0.0802 e. The second-order valence-corrected chi connectivity index (χ2v) is 7.58. The summed E-state index contributed by atoms with van der Waals surface area (Å²) in [5.74, 6) is 0. The summed E-state index contributed by atoms with van der Waals surface area (Å²) in [6, 6.07) is 6.39. The minimum absolute atomic E-state index is 0.333. The van der Waals surface area contributed by atoms with Crippen LogP contribution in [0.15, 0.2) is 18.2 Å². The number of aliphatic hydroxyl groups excluding tert-OH is 1. The standard InChI is InChI=1S/C19H31NO/c1-15-12-16(2)14-17(13-15)18(21)6-10-20-9-5-7-19(3,4)8-11-20/h12-14,18,21H,5-11H2,1-4H3. The zero-order valence-corrected chi connectivity index (χ0v) is 14.2. The van der Waals surface area contributed by atoms with Crippen molar-refractivity contribution in [1.82, 2.24) is 4.90 Å². The molecule has 0 amide bonds. The van der Waals surface area contributed by atoms with Crippen LogP contribution in [-0.2, 0) is 0 Å².